The van der Waals surface area contributed by atoms with Gasteiger partial charge in [-0.15, -0.1) is 11.6 Å². The average molecular weight is 308 g/mol. The van der Waals surface area contributed by atoms with Gasteiger partial charge in [-0.3, -0.25) is 10.1 Å². The van der Waals surface area contributed by atoms with Gasteiger partial charge in [-0.2, -0.15) is 26.3 Å². The fraction of sp³-hybridized carbons (Fsp3) is 0.333. The van der Waals surface area contributed by atoms with Crippen molar-refractivity contribution >= 4 is 17.3 Å². The van der Waals surface area contributed by atoms with E-state index in [1.54, 1.807) is 0 Å². The number of hydrogen-bond donors (Lipinski definition) is 0. The molecule has 3 nitrogen and oxygen atoms in total. The first-order valence-electron chi connectivity index (χ1n) is 4.50. The smallest absolute Gasteiger partial charge is 0.258 e. The highest BCUT2D eigenvalue weighted by Crippen LogP contribution is 2.41. The predicted molar refractivity (Wildman–Crippen MR) is 52.7 cm³/mol. The minimum Gasteiger partial charge on any atom is -0.258 e. The molecule has 0 amide bonds. The monoisotopic (exact) mass is 307 g/mol. The molecule has 10 heteroatoms. The summed E-state index contributed by atoms with van der Waals surface area (Å²) in [4.78, 5) is 9.22. The van der Waals surface area contributed by atoms with Gasteiger partial charge in [0.25, 0.3) is 5.69 Å². The molecule has 19 heavy (non-hydrogen) atoms. The predicted octanol–water partition coefficient (Wildman–Crippen LogP) is 4.37. The lowest BCUT2D eigenvalue weighted by Gasteiger charge is -2.15. The first kappa shape index (κ1) is 15.5. The van der Waals surface area contributed by atoms with Crippen LogP contribution in [0.5, 0.6) is 0 Å². The molecule has 0 bridgehead atoms. The van der Waals surface area contributed by atoms with Gasteiger partial charge in [0.2, 0.25) is 0 Å². The maximum atomic E-state index is 12.6. The van der Waals surface area contributed by atoms with E-state index in [9.17, 15) is 36.5 Å². The second-order valence-corrected chi connectivity index (χ2v) is 3.68. The van der Waals surface area contributed by atoms with Crippen LogP contribution in [0.15, 0.2) is 12.1 Å². The van der Waals surface area contributed by atoms with E-state index >= 15 is 0 Å². The van der Waals surface area contributed by atoms with Crippen LogP contribution in [0.1, 0.15) is 16.7 Å². The molecule has 0 aliphatic heterocycles. The van der Waals surface area contributed by atoms with Gasteiger partial charge in [0.15, 0.2) is 0 Å². The maximum Gasteiger partial charge on any atom is 0.416 e. The summed E-state index contributed by atoms with van der Waals surface area (Å²) in [5.41, 5.74) is -5.81. The summed E-state index contributed by atoms with van der Waals surface area (Å²) in [5, 5.41) is 10.6. The molecule has 0 unspecified atom stereocenters. The summed E-state index contributed by atoms with van der Waals surface area (Å²) in [5.74, 6) is -0.927. The molecule has 0 N–H and O–H groups in total. The Kier molecular flexibility index (Phi) is 3.99. The van der Waals surface area contributed by atoms with E-state index in [-0.39, 0.29) is 12.1 Å². The number of nitrogens with zero attached hydrogens (tertiary/aromatic N) is 1. The minimum atomic E-state index is -5.17. The Labute approximate surface area is 106 Å². The molecule has 1 aromatic rings. The van der Waals surface area contributed by atoms with Gasteiger partial charge >= 0.3 is 12.4 Å². The highest BCUT2D eigenvalue weighted by molar-refractivity contribution is 6.17. The molecule has 0 fully saturated rings. The Bertz CT molecular complexity index is 511. The summed E-state index contributed by atoms with van der Waals surface area (Å²) in [6.45, 7) is 0. The molecular formula is C9H4ClF6NO2. The number of benzene rings is 1. The molecule has 0 saturated heterocycles. The van der Waals surface area contributed by atoms with Gasteiger partial charge in [-0.1, -0.05) is 0 Å². The molecule has 0 radical (unpaired) electrons. The molecule has 0 atom stereocenters. The first-order valence-corrected chi connectivity index (χ1v) is 5.03. The number of alkyl halides is 7. The van der Waals surface area contributed by atoms with E-state index in [4.69, 9.17) is 11.6 Å². The van der Waals surface area contributed by atoms with Gasteiger partial charge in [0, 0.05) is 6.07 Å². The van der Waals surface area contributed by atoms with Crippen molar-refractivity contribution < 1.29 is 31.3 Å². The Balaban J connectivity index is 3.70. The van der Waals surface area contributed by atoms with Crippen LogP contribution in [0.3, 0.4) is 0 Å². The largest absolute Gasteiger partial charge is 0.416 e. The number of hydrogen-bond acceptors (Lipinski definition) is 2. The number of nitro benzene ring substituents is 1. The number of nitro groups is 1. The Morgan fingerprint density at radius 2 is 1.63 bits per heavy atom. The van der Waals surface area contributed by atoms with Crippen molar-refractivity contribution in [2.24, 2.45) is 0 Å². The van der Waals surface area contributed by atoms with Crippen LogP contribution in [-0.4, -0.2) is 4.92 Å². The van der Waals surface area contributed by atoms with Crippen LogP contribution in [0.2, 0.25) is 0 Å². The van der Waals surface area contributed by atoms with Crippen molar-refractivity contribution in [3.8, 4) is 0 Å². The fourth-order valence-electron chi connectivity index (χ4n) is 1.38. The third kappa shape index (κ3) is 3.28. The number of halogens is 7. The zero-order valence-corrected chi connectivity index (χ0v) is 9.53. The average Bonchev–Trinajstić information content (AvgIpc) is 2.24. The Morgan fingerprint density at radius 1 is 1.11 bits per heavy atom. The fourth-order valence-corrected chi connectivity index (χ4v) is 1.66. The summed E-state index contributed by atoms with van der Waals surface area (Å²) in [7, 11) is 0. The highest BCUT2D eigenvalue weighted by atomic mass is 35.5. The lowest BCUT2D eigenvalue weighted by Crippen LogP contribution is -2.15. The lowest BCUT2D eigenvalue weighted by molar-refractivity contribution is -0.386. The zero-order valence-electron chi connectivity index (χ0n) is 8.77. The third-order valence-electron chi connectivity index (χ3n) is 2.19. The standard InChI is InChI=1S/C9H4ClF6NO2/c10-3-5-6(9(14,15)16)1-4(8(11,12)13)2-7(5)17(18)19/h1-2H,3H2. The van der Waals surface area contributed by atoms with E-state index in [0.29, 0.717) is 0 Å². The SMILES string of the molecule is O=[N+]([O-])c1cc(C(F)(F)F)cc(C(F)(F)F)c1CCl. The van der Waals surface area contributed by atoms with Crippen molar-refractivity contribution in [1.82, 2.24) is 0 Å². The third-order valence-corrected chi connectivity index (χ3v) is 2.46. The van der Waals surface area contributed by atoms with Gasteiger partial charge in [-0.25, -0.2) is 0 Å². The van der Waals surface area contributed by atoms with Crippen molar-refractivity contribution in [2.45, 2.75) is 18.2 Å². The van der Waals surface area contributed by atoms with E-state index in [1.165, 1.54) is 0 Å². The molecular weight excluding hydrogens is 304 g/mol. The molecule has 0 aromatic heterocycles. The Morgan fingerprint density at radius 3 is 1.95 bits per heavy atom. The first-order chi connectivity index (χ1) is 8.48. The summed E-state index contributed by atoms with van der Waals surface area (Å²) >= 11 is 5.17. The summed E-state index contributed by atoms with van der Waals surface area (Å²) in [6.07, 6.45) is -10.3. The quantitative estimate of drug-likeness (QED) is 0.352. The van der Waals surface area contributed by atoms with Crippen LogP contribution < -0.4 is 0 Å². The normalized spacial score (nSPS) is 12.6. The highest BCUT2D eigenvalue weighted by Gasteiger charge is 2.41. The van der Waals surface area contributed by atoms with E-state index < -0.39 is 45.5 Å². The summed E-state index contributed by atoms with van der Waals surface area (Å²) in [6, 6.07) is -0.155. The van der Waals surface area contributed by atoms with Crippen LogP contribution in [0.4, 0.5) is 32.0 Å². The second kappa shape index (κ2) is 4.87. The van der Waals surface area contributed by atoms with Gasteiger partial charge in [0.1, 0.15) is 0 Å². The molecule has 0 spiro atoms. The van der Waals surface area contributed by atoms with Crippen LogP contribution in [-0.2, 0) is 18.2 Å². The second-order valence-electron chi connectivity index (χ2n) is 3.41. The van der Waals surface area contributed by atoms with Crippen molar-refractivity contribution in [2.75, 3.05) is 0 Å². The van der Waals surface area contributed by atoms with Gasteiger partial charge in [-0.05, 0) is 6.07 Å². The summed E-state index contributed by atoms with van der Waals surface area (Å²) < 4.78 is 75.0. The molecule has 0 saturated carbocycles. The van der Waals surface area contributed by atoms with Crippen molar-refractivity contribution in [1.29, 1.82) is 0 Å². The van der Waals surface area contributed by atoms with E-state index in [0.717, 1.165) is 0 Å². The molecule has 0 heterocycles. The lowest BCUT2D eigenvalue weighted by atomic mass is 10.0. The molecule has 0 aliphatic rings. The van der Waals surface area contributed by atoms with E-state index in [2.05, 4.69) is 0 Å². The van der Waals surface area contributed by atoms with Gasteiger partial charge in [0.05, 0.1) is 27.5 Å². The molecule has 106 valence electrons. The van der Waals surface area contributed by atoms with Gasteiger partial charge < -0.3 is 0 Å². The van der Waals surface area contributed by atoms with E-state index in [1.807, 2.05) is 0 Å². The van der Waals surface area contributed by atoms with Crippen molar-refractivity contribution in [3.05, 3.63) is 38.9 Å². The van der Waals surface area contributed by atoms with Crippen molar-refractivity contribution in [3.63, 3.8) is 0 Å². The van der Waals surface area contributed by atoms with Crippen LogP contribution in [0, 0.1) is 10.1 Å². The zero-order chi connectivity index (χ0) is 15.0. The molecule has 1 aromatic carbocycles. The minimum absolute atomic E-state index is 0.0347. The molecule has 0 aliphatic carbocycles. The van der Waals surface area contributed by atoms with Crippen LogP contribution in [0.25, 0.3) is 0 Å². The Hall–Kier alpha value is -1.51. The maximum absolute atomic E-state index is 12.6. The number of rotatable bonds is 2. The topological polar surface area (TPSA) is 43.1 Å². The molecule has 1 rings (SSSR count). The van der Waals surface area contributed by atoms with Crippen LogP contribution >= 0.6 is 11.6 Å².